The van der Waals surface area contributed by atoms with Crippen LogP contribution in [0.15, 0.2) is 146 Å². The fourth-order valence-electron chi connectivity index (χ4n) is 6.67. The molecule has 2 aromatic heterocycles. The molecule has 2 N–H and O–H groups in total. The first-order valence-corrected chi connectivity index (χ1v) is 17.9. The van der Waals surface area contributed by atoms with E-state index in [0.717, 1.165) is 34.0 Å². The van der Waals surface area contributed by atoms with Crippen molar-refractivity contribution in [1.29, 1.82) is 0 Å². The molecule has 0 aliphatic carbocycles. The van der Waals surface area contributed by atoms with E-state index < -0.39 is 11.7 Å². The van der Waals surface area contributed by atoms with Crippen molar-refractivity contribution < 1.29 is 23.4 Å². The lowest BCUT2D eigenvalue weighted by Gasteiger charge is -2.12. The Hall–Kier alpha value is -7.53. The first-order chi connectivity index (χ1) is 27.6. The number of para-hydroxylation sites is 2. The van der Waals surface area contributed by atoms with Crippen LogP contribution in [-0.2, 0) is 6.18 Å². The van der Waals surface area contributed by atoms with Crippen molar-refractivity contribution >= 4 is 21.5 Å². The van der Waals surface area contributed by atoms with Gasteiger partial charge in [0, 0.05) is 22.3 Å². The first-order valence-electron chi connectivity index (χ1n) is 17.9. The van der Waals surface area contributed by atoms with Gasteiger partial charge in [0.25, 0.3) is 0 Å². The summed E-state index contributed by atoms with van der Waals surface area (Å²) in [6, 6.07) is 41.6. The average molecular weight is 755 g/mol. The molecule has 0 unspecified atom stereocenters. The zero-order valence-electron chi connectivity index (χ0n) is 30.1. The molecule has 7 aromatic carbocycles. The summed E-state index contributed by atoms with van der Waals surface area (Å²) in [5.74, 6) is 1.75. The summed E-state index contributed by atoms with van der Waals surface area (Å²) in [6.45, 7) is 2.04. The Morgan fingerprint density at radius 2 is 0.772 bits per heavy atom. The van der Waals surface area contributed by atoms with E-state index in [1.807, 2.05) is 37.3 Å². The van der Waals surface area contributed by atoms with Gasteiger partial charge < -0.3 is 10.2 Å². The van der Waals surface area contributed by atoms with E-state index in [1.165, 1.54) is 12.1 Å². The Balaban J connectivity index is 1.15. The summed E-state index contributed by atoms with van der Waals surface area (Å²) in [4.78, 5) is 28.6. The molecule has 57 heavy (non-hydrogen) atoms. The van der Waals surface area contributed by atoms with Gasteiger partial charge in [-0.3, -0.25) is 0 Å². The summed E-state index contributed by atoms with van der Waals surface area (Å²) >= 11 is 0. The van der Waals surface area contributed by atoms with Crippen LogP contribution >= 0.6 is 0 Å². The number of aromatic hydroxyl groups is 2. The highest BCUT2D eigenvalue weighted by Gasteiger charge is 2.30. The first kappa shape index (κ1) is 35.2. The largest absolute Gasteiger partial charge is 0.507 e. The second-order valence-electron chi connectivity index (χ2n) is 13.6. The predicted octanol–water partition coefficient (Wildman–Crippen LogP) is 11.1. The van der Waals surface area contributed by atoms with Gasteiger partial charge in [0.1, 0.15) is 11.5 Å². The molecule has 0 amide bonds. The molecule has 9 rings (SSSR count). The molecule has 0 aliphatic rings. The SMILES string of the molecule is Cc1ccc2ccc(-c3nc(-c4ccc(-c5nc(-c6ccc7ccc(C(F)(F)F)cc7c6)nc(-c6ccccc6O)n5)cc4)nc(-c4ccccc4O)n3)cc2c1. The Bertz CT molecular complexity index is 3010. The molecule has 0 saturated heterocycles. The van der Waals surface area contributed by atoms with Gasteiger partial charge in [0.15, 0.2) is 34.9 Å². The van der Waals surface area contributed by atoms with E-state index in [2.05, 4.69) is 23.2 Å². The third-order valence-electron chi connectivity index (χ3n) is 9.64. The Kier molecular flexibility index (Phi) is 8.61. The lowest BCUT2D eigenvalue weighted by molar-refractivity contribution is -0.137. The van der Waals surface area contributed by atoms with Crippen molar-refractivity contribution in [1.82, 2.24) is 29.9 Å². The van der Waals surface area contributed by atoms with Crippen LogP contribution in [0.4, 0.5) is 13.2 Å². The number of halogens is 3. The minimum atomic E-state index is -4.50. The normalized spacial score (nSPS) is 11.6. The van der Waals surface area contributed by atoms with Gasteiger partial charge in [-0.2, -0.15) is 13.2 Å². The molecule has 0 radical (unpaired) electrons. The molecular weight excluding hydrogens is 726 g/mol. The molecule has 0 saturated carbocycles. The van der Waals surface area contributed by atoms with Gasteiger partial charge in [0.05, 0.1) is 16.7 Å². The Labute approximate surface area is 323 Å². The zero-order valence-corrected chi connectivity index (χ0v) is 30.1. The summed E-state index contributed by atoms with van der Waals surface area (Å²) in [6.07, 6.45) is -4.50. The number of hydrogen-bond donors (Lipinski definition) is 2. The molecule has 2 heterocycles. The van der Waals surface area contributed by atoms with E-state index in [1.54, 1.807) is 72.8 Å². The van der Waals surface area contributed by atoms with Crippen LogP contribution in [0.2, 0.25) is 0 Å². The van der Waals surface area contributed by atoms with Gasteiger partial charge in [-0.25, -0.2) is 29.9 Å². The molecule has 0 spiro atoms. The van der Waals surface area contributed by atoms with E-state index in [9.17, 15) is 23.4 Å². The molecule has 0 fully saturated rings. The fourth-order valence-corrected chi connectivity index (χ4v) is 6.67. The van der Waals surface area contributed by atoms with Gasteiger partial charge >= 0.3 is 6.18 Å². The highest BCUT2D eigenvalue weighted by molar-refractivity contribution is 5.88. The van der Waals surface area contributed by atoms with Crippen LogP contribution in [0, 0.1) is 6.92 Å². The summed E-state index contributed by atoms with van der Waals surface area (Å²) in [7, 11) is 0. The number of benzene rings is 7. The topological polar surface area (TPSA) is 118 Å². The highest BCUT2D eigenvalue weighted by atomic mass is 19.4. The van der Waals surface area contributed by atoms with E-state index >= 15 is 0 Å². The van der Waals surface area contributed by atoms with Crippen molar-refractivity contribution in [3.63, 3.8) is 0 Å². The Morgan fingerprint density at radius 3 is 1.25 bits per heavy atom. The van der Waals surface area contributed by atoms with Crippen molar-refractivity contribution in [2.75, 3.05) is 0 Å². The van der Waals surface area contributed by atoms with E-state index in [4.69, 9.17) is 24.9 Å². The number of fused-ring (bicyclic) bond motifs is 2. The number of aryl methyl sites for hydroxylation is 1. The molecule has 0 aliphatic heterocycles. The molecule has 276 valence electrons. The smallest absolute Gasteiger partial charge is 0.416 e. The minimum Gasteiger partial charge on any atom is -0.507 e. The van der Waals surface area contributed by atoms with Crippen LogP contribution in [0.5, 0.6) is 11.5 Å². The number of phenolic OH excluding ortho intramolecular Hbond substituents is 2. The maximum Gasteiger partial charge on any atom is 0.416 e. The van der Waals surface area contributed by atoms with Crippen LogP contribution in [0.1, 0.15) is 11.1 Å². The molecule has 0 bridgehead atoms. The van der Waals surface area contributed by atoms with E-state index in [0.29, 0.717) is 56.1 Å². The summed E-state index contributed by atoms with van der Waals surface area (Å²) in [5.41, 5.74) is 3.68. The highest BCUT2D eigenvalue weighted by Crippen LogP contribution is 2.35. The van der Waals surface area contributed by atoms with Crippen LogP contribution in [0.25, 0.3) is 89.9 Å². The van der Waals surface area contributed by atoms with Crippen LogP contribution < -0.4 is 0 Å². The molecule has 0 atom stereocenters. The number of hydrogen-bond acceptors (Lipinski definition) is 8. The standard InChI is InChI=1S/C46H29F3N6O2/c1-26-10-11-27-12-18-31(23-33(27)22-26)42-50-40(52-44(54-42)36-6-2-4-8-38(36)56)29-14-16-30(17-15-29)41-51-43(55-45(53-41)37-7-3-5-9-39(37)57)32-19-13-28-20-21-35(46(47,48)49)25-34(28)24-32/h2-25,56-57H,1H3. The number of rotatable bonds is 6. The third kappa shape index (κ3) is 6.98. The molecule has 8 nitrogen and oxygen atoms in total. The zero-order chi connectivity index (χ0) is 39.3. The number of alkyl halides is 3. The maximum absolute atomic E-state index is 13.6. The summed E-state index contributed by atoms with van der Waals surface area (Å²) < 4.78 is 40.8. The lowest BCUT2D eigenvalue weighted by atomic mass is 10.0. The van der Waals surface area contributed by atoms with Crippen molar-refractivity contribution in [3.8, 4) is 79.8 Å². The Morgan fingerprint density at radius 1 is 0.386 bits per heavy atom. The lowest BCUT2D eigenvalue weighted by Crippen LogP contribution is -2.04. The van der Waals surface area contributed by atoms with E-state index in [-0.39, 0.29) is 29.0 Å². The average Bonchev–Trinajstić information content (AvgIpc) is 3.22. The van der Waals surface area contributed by atoms with Gasteiger partial charge in [-0.15, -0.1) is 0 Å². The summed E-state index contributed by atoms with van der Waals surface area (Å²) in [5, 5.41) is 24.6. The fraction of sp³-hybridized carbons (Fsp3) is 0.0435. The van der Waals surface area contributed by atoms with Gasteiger partial charge in [-0.1, -0.05) is 103 Å². The van der Waals surface area contributed by atoms with Crippen LogP contribution in [0.3, 0.4) is 0 Å². The van der Waals surface area contributed by atoms with Crippen molar-refractivity contribution in [3.05, 3.63) is 157 Å². The second kappa shape index (κ2) is 14.0. The molecule has 11 heteroatoms. The molecular formula is C46H29F3N6O2. The van der Waals surface area contributed by atoms with Gasteiger partial charge in [-0.05, 0) is 77.0 Å². The number of aromatic nitrogens is 6. The number of phenols is 2. The number of nitrogens with zero attached hydrogens (tertiary/aromatic N) is 6. The minimum absolute atomic E-state index is 0.0307. The van der Waals surface area contributed by atoms with Crippen molar-refractivity contribution in [2.45, 2.75) is 13.1 Å². The maximum atomic E-state index is 13.6. The third-order valence-corrected chi connectivity index (χ3v) is 9.64. The predicted molar refractivity (Wildman–Crippen MR) is 214 cm³/mol. The molecule has 9 aromatic rings. The monoisotopic (exact) mass is 754 g/mol. The quantitative estimate of drug-likeness (QED) is 0.172. The van der Waals surface area contributed by atoms with Gasteiger partial charge in [0.2, 0.25) is 0 Å². The second-order valence-corrected chi connectivity index (χ2v) is 13.6. The van der Waals surface area contributed by atoms with Crippen LogP contribution in [-0.4, -0.2) is 40.1 Å². The van der Waals surface area contributed by atoms with Crippen molar-refractivity contribution in [2.24, 2.45) is 0 Å².